The quantitative estimate of drug-likeness (QED) is 0.0520. The Hall–Kier alpha value is -5.12. The molecule has 0 bridgehead atoms. The summed E-state index contributed by atoms with van der Waals surface area (Å²) in [6.45, 7) is 3.92. The monoisotopic (exact) mass is 1020 g/mol. The molecule has 5 aromatic carbocycles. The van der Waals surface area contributed by atoms with Gasteiger partial charge in [0.1, 0.15) is 4.90 Å². The topological polar surface area (TPSA) is 156 Å². The van der Waals surface area contributed by atoms with Gasteiger partial charge in [-0.1, -0.05) is 54.6 Å². The molecule has 0 aliphatic carbocycles. The van der Waals surface area contributed by atoms with Crippen LogP contribution in [0.4, 0.5) is 37.7 Å². The second-order valence-electron chi connectivity index (χ2n) is 17.5. The highest BCUT2D eigenvalue weighted by Gasteiger charge is 2.49. The van der Waals surface area contributed by atoms with E-state index in [1.165, 1.54) is 36.0 Å². The molecule has 3 atom stereocenters. The fourth-order valence-corrected chi connectivity index (χ4v) is 12.2. The van der Waals surface area contributed by atoms with Crippen molar-refractivity contribution in [1.29, 1.82) is 0 Å². The van der Waals surface area contributed by atoms with Gasteiger partial charge in [-0.3, -0.25) is 9.69 Å². The maximum Gasteiger partial charge on any atom is 0.501 e. The minimum Gasteiger partial charge on any atom is -0.395 e. The van der Waals surface area contributed by atoms with Gasteiger partial charge in [0.25, 0.3) is 25.8 Å². The summed E-state index contributed by atoms with van der Waals surface area (Å²) in [6.07, 6.45) is -2.43. The first-order chi connectivity index (χ1) is 32.6. The van der Waals surface area contributed by atoms with Crippen molar-refractivity contribution in [1.82, 2.24) is 9.62 Å². The van der Waals surface area contributed by atoms with E-state index < -0.39 is 76.2 Å². The Morgan fingerprint density at radius 2 is 1.49 bits per heavy atom. The average molecular weight is 1020 g/mol. The van der Waals surface area contributed by atoms with E-state index in [0.717, 1.165) is 42.0 Å². The van der Waals surface area contributed by atoms with Gasteiger partial charge in [0.2, 0.25) is 0 Å². The van der Waals surface area contributed by atoms with Crippen LogP contribution in [0.2, 0.25) is 0 Å². The van der Waals surface area contributed by atoms with Gasteiger partial charge in [-0.2, -0.15) is 26.3 Å². The molecule has 1 amide bonds. The number of nitrogens with zero attached hydrogens (tertiary/aromatic N) is 2. The maximum atomic E-state index is 14.3. The number of sulfonamides is 1. The summed E-state index contributed by atoms with van der Waals surface area (Å²) in [7, 11) is -11.1. The number of benzene rings is 5. The molecule has 2 aliphatic rings. The van der Waals surface area contributed by atoms with Gasteiger partial charge < -0.3 is 20.4 Å². The zero-order valence-electron chi connectivity index (χ0n) is 37.4. The molecule has 2 heterocycles. The van der Waals surface area contributed by atoms with Crippen molar-refractivity contribution < 1.29 is 58.2 Å². The number of amides is 1. The van der Waals surface area contributed by atoms with Crippen molar-refractivity contribution in [2.45, 2.75) is 83.1 Å². The lowest BCUT2D eigenvalue weighted by Gasteiger charge is -2.38. The lowest BCUT2D eigenvalue weighted by molar-refractivity contribution is -0.137. The summed E-state index contributed by atoms with van der Waals surface area (Å²) in [5.74, 6) is -1.01. The highest BCUT2D eigenvalue weighted by atomic mass is 32.2. The molecular formula is C49H52F6N4O7S3. The molecule has 370 valence electrons. The van der Waals surface area contributed by atoms with Crippen LogP contribution in [-0.4, -0.2) is 93.5 Å². The maximum absolute atomic E-state index is 14.3. The molecule has 2 saturated heterocycles. The number of β-amino-alcohol motifs (C(OH)–C–C–N with tert-alkyl or cyclic N) is 1. The first kappa shape index (κ1) is 51.7. The zero-order valence-corrected chi connectivity index (χ0v) is 39.8. The number of halogens is 6. The smallest absolute Gasteiger partial charge is 0.395 e. The number of aliphatic hydroxyl groups is 2. The standard InChI is InChI=1S/C49H52F6N4O7S3/c1-47(24-7-25-59(47)28-29-60)31-37(32-67-39-8-3-2-4-9-39)56-43-21-20-40(30-44(43)68(63,64)49(53,54)55)69(65,66)57-46(62)35-14-18-38(19-15-35)58-26-22-34(23-27-58)45(61)42-11-6-5-10-41(42)33-12-16-36(17-13-33)48(50,51)52/h2-6,8-21,30,34,37,45,56,60-61H,7,22-29,31-32H2,1H3,(H,57,62)/t37-,45?,47+/m1/s1. The van der Waals surface area contributed by atoms with Crippen LogP contribution < -0.4 is 14.9 Å². The Bertz CT molecular complexity index is 2790. The van der Waals surface area contributed by atoms with Gasteiger partial charge in [0.15, 0.2) is 0 Å². The number of likely N-dealkylation sites (tertiary alicyclic amines) is 1. The van der Waals surface area contributed by atoms with Crippen molar-refractivity contribution in [3.8, 4) is 11.1 Å². The molecule has 69 heavy (non-hydrogen) atoms. The summed E-state index contributed by atoms with van der Waals surface area (Å²) >= 11 is 1.40. The molecule has 2 aliphatic heterocycles. The van der Waals surface area contributed by atoms with Crippen LogP contribution in [-0.2, 0) is 26.0 Å². The Labute approximate surface area is 401 Å². The summed E-state index contributed by atoms with van der Waals surface area (Å²) < 4.78 is 138. The van der Waals surface area contributed by atoms with E-state index in [1.807, 2.05) is 46.9 Å². The number of carbonyl (C=O) groups is 1. The summed E-state index contributed by atoms with van der Waals surface area (Å²) in [4.78, 5) is 16.1. The fourth-order valence-electron chi connectivity index (χ4n) is 9.21. The van der Waals surface area contributed by atoms with Crippen LogP contribution in [0.3, 0.4) is 0 Å². The van der Waals surface area contributed by atoms with Gasteiger partial charge in [-0.15, -0.1) is 11.8 Å². The lowest BCUT2D eigenvalue weighted by Crippen LogP contribution is -2.46. The Morgan fingerprint density at radius 1 is 0.841 bits per heavy atom. The summed E-state index contributed by atoms with van der Waals surface area (Å²) in [6, 6.07) is 28.5. The number of aliphatic hydroxyl groups excluding tert-OH is 2. The van der Waals surface area contributed by atoms with Crippen LogP contribution in [0.25, 0.3) is 11.1 Å². The van der Waals surface area contributed by atoms with Gasteiger partial charge >= 0.3 is 11.7 Å². The molecule has 11 nitrogen and oxygen atoms in total. The molecule has 0 radical (unpaired) electrons. The number of piperidine rings is 1. The second kappa shape index (κ2) is 21.1. The third-order valence-corrected chi connectivity index (χ3v) is 16.9. The van der Waals surface area contributed by atoms with E-state index in [0.29, 0.717) is 79.6 Å². The Kier molecular flexibility index (Phi) is 15.8. The number of nitrogens with one attached hydrogen (secondary N) is 2. The number of carbonyl (C=O) groups excluding carboxylic acids is 1. The van der Waals surface area contributed by atoms with Gasteiger partial charge in [-0.25, -0.2) is 21.6 Å². The van der Waals surface area contributed by atoms with Crippen LogP contribution in [0.5, 0.6) is 0 Å². The number of alkyl halides is 6. The minimum absolute atomic E-state index is 0.106. The number of anilines is 2. The van der Waals surface area contributed by atoms with E-state index in [1.54, 1.807) is 36.4 Å². The molecule has 5 aromatic rings. The van der Waals surface area contributed by atoms with Crippen LogP contribution in [0, 0.1) is 5.92 Å². The van der Waals surface area contributed by atoms with Crippen LogP contribution in [0.15, 0.2) is 136 Å². The molecule has 0 spiro atoms. The lowest BCUT2D eigenvalue weighted by atomic mass is 9.84. The first-order valence-electron chi connectivity index (χ1n) is 22.2. The highest BCUT2D eigenvalue weighted by Crippen LogP contribution is 2.41. The molecule has 1 unspecified atom stereocenters. The van der Waals surface area contributed by atoms with Crippen LogP contribution in [0.1, 0.15) is 66.6 Å². The van der Waals surface area contributed by atoms with Crippen molar-refractivity contribution in [2.75, 3.05) is 48.8 Å². The van der Waals surface area contributed by atoms with Gasteiger partial charge in [0, 0.05) is 53.1 Å². The van der Waals surface area contributed by atoms with Crippen molar-refractivity contribution in [3.05, 3.63) is 138 Å². The van der Waals surface area contributed by atoms with Crippen molar-refractivity contribution >= 4 is 48.9 Å². The average Bonchev–Trinajstić information content (AvgIpc) is 3.68. The number of thioether (sulfide) groups is 1. The van der Waals surface area contributed by atoms with E-state index in [4.69, 9.17) is 0 Å². The number of sulfone groups is 1. The molecular weight excluding hydrogens is 967 g/mol. The van der Waals surface area contributed by atoms with Crippen molar-refractivity contribution in [3.63, 3.8) is 0 Å². The van der Waals surface area contributed by atoms with E-state index in [9.17, 15) is 58.2 Å². The fraction of sp³-hybridized carbons (Fsp3) is 0.367. The molecule has 2 fully saturated rings. The SMILES string of the molecule is C[C@@]1(C[C@H](CSc2ccccc2)Nc2ccc(S(=O)(=O)NC(=O)c3ccc(N4CCC(C(O)c5ccccc5-c5ccc(C(F)(F)F)cc5)CC4)cc3)cc2S(=O)(=O)C(F)(F)F)CCCN1CCO. The van der Waals surface area contributed by atoms with Crippen LogP contribution >= 0.6 is 11.8 Å². The van der Waals surface area contributed by atoms with Gasteiger partial charge in [-0.05, 0) is 135 Å². The minimum atomic E-state index is -6.14. The van der Waals surface area contributed by atoms with Gasteiger partial charge in [0.05, 0.1) is 28.9 Å². The number of rotatable bonds is 17. The largest absolute Gasteiger partial charge is 0.501 e. The predicted molar refractivity (Wildman–Crippen MR) is 253 cm³/mol. The second-order valence-corrected chi connectivity index (χ2v) is 22.2. The summed E-state index contributed by atoms with van der Waals surface area (Å²) in [5.41, 5.74) is -5.23. The molecule has 0 aromatic heterocycles. The third kappa shape index (κ3) is 12.1. The Balaban J connectivity index is 1.04. The molecule has 0 saturated carbocycles. The third-order valence-electron chi connectivity index (χ3n) is 12.9. The molecule has 7 rings (SSSR count). The zero-order chi connectivity index (χ0) is 49.8. The number of hydrogen-bond acceptors (Lipinski definition) is 11. The molecule has 4 N–H and O–H groups in total. The van der Waals surface area contributed by atoms with E-state index in [-0.39, 0.29) is 18.1 Å². The van der Waals surface area contributed by atoms with E-state index >= 15 is 0 Å². The van der Waals surface area contributed by atoms with E-state index in [2.05, 4.69) is 10.2 Å². The molecule has 20 heteroatoms. The first-order valence-corrected chi connectivity index (χ1v) is 26.2. The Morgan fingerprint density at radius 3 is 2.13 bits per heavy atom. The van der Waals surface area contributed by atoms with Crippen molar-refractivity contribution in [2.24, 2.45) is 5.92 Å². The number of hydrogen-bond donors (Lipinski definition) is 4. The summed E-state index contributed by atoms with van der Waals surface area (Å²) in [5, 5.41) is 24.2. The highest BCUT2D eigenvalue weighted by molar-refractivity contribution is 7.99. The predicted octanol–water partition coefficient (Wildman–Crippen LogP) is 9.54. The normalized spacial score (nSPS) is 18.5.